The van der Waals surface area contributed by atoms with Crippen molar-refractivity contribution >= 4 is 51.2 Å². The Morgan fingerprint density at radius 2 is 2.07 bits per heavy atom. The van der Waals surface area contributed by atoms with Crippen LogP contribution >= 0.6 is 45.2 Å². The van der Waals surface area contributed by atoms with Gasteiger partial charge >= 0.3 is 5.97 Å². The van der Waals surface area contributed by atoms with E-state index in [9.17, 15) is 13.6 Å². The molecule has 1 heterocycles. The lowest BCUT2D eigenvalue weighted by Gasteiger charge is -2.07. The Kier molecular flexibility index (Phi) is 3.98. The van der Waals surface area contributed by atoms with Crippen molar-refractivity contribution in [3.05, 3.63) is 24.6 Å². The summed E-state index contributed by atoms with van der Waals surface area (Å²) in [5, 5.41) is 8.67. The lowest BCUT2D eigenvalue weighted by atomic mass is 10.2. The van der Waals surface area contributed by atoms with Gasteiger partial charge in [0.2, 0.25) is 0 Å². The van der Waals surface area contributed by atoms with Crippen molar-refractivity contribution in [1.82, 2.24) is 4.98 Å². The molecule has 76 valence electrons. The van der Waals surface area contributed by atoms with E-state index in [4.69, 9.17) is 5.11 Å². The van der Waals surface area contributed by atoms with Crippen molar-refractivity contribution in [2.75, 3.05) is 0 Å². The number of hydrogen-bond acceptors (Lipinski definition) is 2. The molecule has 0 bridgehead atoms. The van der Waals surface area contributed by atoms with E-state index in [0.29, 0.717) is 0 Å². The maximum atomic E-state index is 12.5. The van der Waals surface area contributed by atoms with Crippen molar-refractivity contribution in [2.45, 2.75) is 6.43 Å². The van der Waals surface area contributed by atoms with Gasteiger partial charge in [-0.15, -0.1) is 0 Å². The zero-order valence-corrected chi connectivity index (χ0v) is 10.8. The molecule has 1 N–H and O–H groups in total. The number of carboxylic acid groups (broad SMARTS) is 1. The molecular formula is C7H3F2I2NO2. The van der Waals surface area contributed by atoms with Gasteiger partial charge in [0.25, 0.3) is 6.43 Å². The fourth-order valence-corrected chi connectivity index (χ4v) is 2.84. The number of halogens is 4. The van der Waals surface area contributed by atoms with Crippen molar-refractivity contribution in [2.24, 2.45) is 0 Å². The molecule has 0 fully saturated rings. The van der Waals surface area contributed by atoms with Crippen LogP contribution in [0.5, 0.6) is 0 Å². The molecule has 0 spiro atoms. The van der Waals surface area contributed by atoms with E-state index in [1.54, 1.807) is 45.2 Å². The van der Waals surface area contributed by atoms with E-state index >= 15 is 0 Å². The van der Waals surface area contributed by atoms with Gasteiger partial charge in [-0.3, -0.25) is 0 Å². The second kappa shape index (κ2) is 4.64. The quantitative estimate of drug-likeness (QED) is 0.586. The maximum Gasteiger partial charge on any atom is 0.338 e. The molecule has 14 heavy (non-hydrogen) atoms. The summed E-state index contributed by atoms with van der Waals surface area (Å²) >= 11 is 3.24. The monoisotopic (exact) mass is 425 g/mol. The topological polar surface area (TPSA) is 50.2 Å². The molecule has 1 aromatic rings. The maximum absolute atomic E-state index is 12.5. The van der Waals surface area contributed by atoms with Gasteiger partial charge in [-0.1, -0.05) is 0 Å². The molecule has 0 aliphatic heterocycles. The van der Waals surface area contributed by atoms with Crippen LogP contribution in [-0.2, 0) is 0 Å². The Labute approximate surface area is 105 Å². The summed E-state index contributed by atoms with van der Waals surface area (Å²) in [6, 6.07) is 0. The highest BCUT2D eigenvalue weighted by atomic mass is 127. The first-order valence-electron chi connectivity index (χ1n) is 3.30. The SMILES string of the molecule is O=C(O)c1cnc(I)c(C(F)F)c1I. The van der Waals surface area contributed by atoms with Gasteiger partial charge in [0.05, 0.1) is 11.1 Å². The highest BCUT2D eigenvalue weighted by Crippen LogP contribution is 2.29. The molecule has 0 saturated heterocycles. The van der Waals surface area contributed by atoms with Crippen molar-refractivity contribution in [1.29, 1.82) is 0 Å². The Morgan fingerprint density at radius 1 is 1.50 bits per heavy atom. The molecule has 0 radical (unpaired) electrons. The summed E-state index contributed by atoms with van der Waals surface area (Å²) in [5.41, 5.74) is -0.507. The molecule has 0 aliphatic rings. The first-order valence-corrected chi connectivity index (χ1v) is 5.46. The highest BCUT2D eigenvalue weighted by molar-refractivity contribution is 14.1. The zero-order chi connectivity index (χ0) is 10.9. The van der Waals surface area contributed by atoms with Gasteiger partial charge in [0.15, 0.2) is 0 Å². The van der Waals surface area contributed by atoms with Crippen LogP contribution < -0.4 is 0 Å². The number of hydrogen-bond donors (Lipinski definition) is 1. The zero-order valence-electron chi connectivity index (χ0n) is 6.47. The lowest BCUT2D eigenvalue weighted by Crippen LogP contribution is -2.07. The largest absolute Gasteiger partial charge is 0.478 e. The number of aromatic carboxylic acids is 1. The highest BCUT2D eigenvalue weighted by Gasteiger charge is 2.21. The third-order valence-corrected chi connectivity index (χ3v) is 3.47. The summed E-state index contributed by atoms with van der Waals surface area (Å²) in [6.45, 7) is 0. The van der Waals surface area contributed by atoms with Crippen LogP contribution in [0.1, 0.15) is 22.3 Å². The van der Waals surface area contributed by atoms with E-state index in [0.717, 1.165) is 6.20 Å². The molecule has 1 aromatic heterocycles. The molecule has 0 atom stereocenters. The third kappa shape index (κ3) is 2.30. The molecule has 0 unspecified atom stereocenters. The summed E-state index contributed by atoms with van der Waals surface area (Å²) < 4.78 is 25.2. The Balaban J connectivity index is 3.41. The summed E-state index contributed by atoms with van der Waals surface area (Å²) in [6.07, 6.45) is -1.63. The third-order valence-electron chi connectivity index (χ3n) is 1.45. The smallest absolute Gasteiger partial charge is 0.338 e. The minimum absolute atomic E-state index is 0.0458. The summed E-state index contributed by atoms with van der Waals surface area (Å²) in [5.74, 6) is -1.25. The summed E-state index contributed by atoms with van der Waals surface area (Å²) in [7, 11) is 0. The molecule has 0 aliphatic carbocycles. The van der Waals surface area contributed by atoms with Crippen LogP contribution in [-0.4, -0.2) is 16.1 Å². The van der Waals surface area contributed by atoms with Crippen LogP contribution in [0.25, 0.3) is 0 Å². The molecule has 0 amide bonds. The van der Waals surface area contributed by atoms with E-state index in [-0.39, 0.29) is 18.4 Å². The van der Waals surface area contributed by atoms with Gasteiger partial charge in [-0.25, -0.2) is 18.6 Å². The Bertz CT molecular complexity index is 384. The van der Waals surface area contributed by atoms with Crippen LogP contribution in [0.15, 0.2) is 6.20 Å². The molecule has 7 heteroatoms. The van der Waals surface area contributed by atoms with Crippen LogP contribution in [0.3, 0.4) is 0 Å². The van der Waals surface area contributed by atoms with Crippen molar-refractivity contribution in [3.63, 3.8) is 0 Å². The number of rotatable bonds is 2. The first kappa shape index (κ1) is 12.0. The second-order valence-corrected chi connectivity index (χ2v) is 4.40. The molecule has 0 saturated carbocycles. The standard InChI is InChI=1S/C7H3F2I2NO2/c8-5(9)3-4(10)2(7(13)14)1-12-6(3)11/h1,5H,(H,13,14). The summed E-state index contributed by atoms with van der Waals surface area (Å²) in [4.78, 5) is 14.2. The van der Waals surface area contributed by atoms with Gasteiger partial charge in [-0.2, -0.15) is 0 Å². The first-order chi connectivity index (χ1) is 6.45. The second-order valence-electron chi connectivity index (χ2n) is 2.30. The molecular weight excluding hydrogens is 422 g/mol. The number of nitrogens with zero attached hydrogens (tertiary/aromatic N) is 1. The van der Waals surface area contributed by atoms with E-state index in [2.05, 4.69) is 4.98 Å². The van der Waals surface area contributed by atoms with Crippen molar-refractivity contribution in [3.8, 4) is 0 Å². The predicted molar refractivity (Wildman–Crippen MR) is 61.6 cm³/mol. The number of carboxylic acids is 1. The Hall–Kier alpha value is -0.0600. The van der Waals surface area contributed by atoms with Crippen LogP contribution in [0.2, 0.25) is 0 Å². The molecule has 1 rings (SSSR count). The lowest BCUT2D eigenvalue weighted by molar-refractivity contribution is 0.0694. The van der Waals surface area contributed by atoms with E-state index in [1.165, 1.54) is 0 Å². The van der Waals surface area contributed by atoms with Crippen LogP contribution in [0, 0.1) is 7.27 Å². The van der Waals surface area contributed by atoms with E-state index in [1.807, 2.05) is 0 Å². The van der Waals surface area contributed by atoms with Gasteiger partial charge in [0, 0.05) is 9.77 Å². The minimum atomic E-state index is -2.71. The van der Waals surface area contributed by atoms with Gasteiger partial charge in [-0.05, 0) is 45.2 Å². The van der Waals surface area contributed by atoms with E-state index < -0.39 is 12.4 Å². The molecule has 3 nitrogen and oxygen atoms in total. The van der Waals surface area contributed by atoms with Gasteiger partial charge in [0.1, 0.15) is 3.70 Å². The molecule has 0 aromatic carbocycles. The van der Waals surface area contributed by atoms with Crippen LogP contribution in [0.4, 0.5) is 8.78 Å². The fraction of sp³-hybridized carbons (Fsp3) is 0.143. The Morgan fingerprint density at radius 3 is 2.50 bits per heavy atom. The minimum Gasteiger partial charge on any atom is -0.478 e. The predicted octanol–water partition coefficient (Wildman–Crippen LogP) is 2.93. The average molecular weight is 425 g/mol. The fourth-order valence-electron chi connectivity index (χ4n) is 0.818. The number of pyridine rings is 1. The average Bonchev–Trinajstić information content (AvgIpc) is 2.02. The van der Waals surface area contributed by atoms with Crippen molar-refractivity contribution < 1.29 is 18.7 Å². The number of alkyl halides is 2. The number of carbonyl (C=O) groups is 1. The van der Waals surface area contributed by atoms with Gasteiger partial charge < -0.3 is 5.11 Å². The normalized spacial score (nSPS) is 10.6. The number of aromatic nitrogens is 1.